The molecule has 0 saturated heterocycles. The third kappa shape index (κ3) is 4.99. The molecule has 0 atom stereocenters. The van der Waals surface area contributed by atoms with Gasteiger partial charge < -0.3 is 10.1 Å². The molecule has 84 valence electrons. The highest BCUT2D eigenvalue weighted by Crippen LogP contribution is 2.15. The number of anilines is 1. The molecule has 0 bridgehead atoms. The number of nitrogens with one attached hydrogen (secondary N) is 1. The van der Waals surface area contributed by atoms with Gasteiger partial charge in [-0.1, -0.05) is 6.92 Å². The lowest BCUT2D eigenvalue weighted by molar-refractivity contribution is 0.218. The Morgan fingerprint density at radius 3 is 3.13 bits per heavy atom. The summed E-state index contributed by atoms with van der Waals surface area (Å²) < 4.78 is 4.98. The van der Waals surface area contributed by atoms with Gasteiger partial charge in [0.15, 0.2) is 0 Å². The quantitative estimate of drug-likeness (QED) is 0.439. The monoisotopic (exact) mass is 227 g/mol. The van der Waals surface area contributed by atoms with Gasteiger partial charge in [0.05, 0.1) is 6.61 Å². The Morgan fingerprint density at radius 1 is 1.53 bits per heavy atom. The molecule has 1 heterocycles. The van der Waals surface area contributed by atoms with Crippen LogP contribution in [0.15, 0.2) is 17.3 Å². The molecule has 1 N–H and O–H groups in total. The molecule has 0 saturated carbocycles. The zero-order chi connectivity index (χ0) is 10.9. The summed E-state index contributed by atoms with van der Waals surface area (Å²) >= 11 is 1.68. The number of rotatable bonds is 7. The van der Waals surface area contributed by atoms with Gasteiger partial charge in [-0.25, -0.2) is 9.97 Å². The summed E-state index contributed by atoms with van der Waals surface area (Å²) in [5.41, 5.74) is 0. The lowest BCUT2D eigenvalue weighted by Crippen LogP contribution is -2.04. The van der Waals surface area contributed by atoms with Crippen molar-refractivity contribution < 1.29 is 4.74 Å². The van der Waals surface area contributed by atoms with Gasteiger partial charge in [-0.2, -0.15) is 0 Å². The summed E-state index contributed by atoms with van der Waals surface area (Å²) in [6.45, 7) is 3.77. The minimum absolute atomic E-state index is 0.708. The van der Waals surface area contributed by atoms with Gasteiger partial charge in [0.25, 0.3) is 0 Å². The van der Waals surface area contributed by atoms with Crippen LogP contribution < -0.4 is 5.32 Å². The third-order valence-corrected chi connectivity index (χ3v) is 2.59. The molecular weight excluding hydrogens is 210 g/mol. The van der Waals surface area contributed by atoms with Gasteiger partial charge in [0.2, 0.25) is 5.95 Å². The van der Waals surface area contributed by atoms with Crippen molar-refractivity contribution in [3.63, 3.8) is 0 Å². The number of hydrogen-bond donors (Lipinski definition) is 1. The lowest BCUT2D eigenvalue weighted by Gasteiger charge is -2.04. The van der Waals surface area contributed by atoms with Crippen LogP contribution in [0.1, 0.15) is 13.3 Å². The number of ether oxygens (including phenoxy) is 1. The van der Waals surface area contributed by atoms with E-state index in [9.17, 15) is 0 Å². The molecule has 4 nitrogen and oxygen atoms in total. The maximum Gasteiger partial charge on any atom is 0.223 e. The fraction of sp³-hybridized carbons (Fsp3) is 0.600. The Kier molecular flexibility index (Phi) is 6.11. The van der Waals surface area contributed by atoms with Crippen molar-refractivity contribution >= 4 is 17.7 Å². The number of methoxy groups -OCH3 is 1. The first-order chi connectivity index (χ1) is 7.36. The zero-order valence-electron chi connectivity index (χ0n) is 9.19. The Hall–Kier alpha value is -0.810. The van der Waals surface area contributed by atoms with Crippen LogP contribution in [0.2, 0.25) is 0 Å². The molecule has 0 aliphatic rings. The molecule has 1 aromatic heterocycles. The van der Waals surface area contributed by atoms with Gasteiger partial charge in [0.1, 0.15) is 5.03 Å². The van der Waals surface area contributed by atoms with E-state index >= 15 is 0 Å². The average Bonchev–Trinajstić information content (AvgIpc) is 2.27. The minimum Gasteiger partial charge on any atom is -0.384 e. The molecular formula is C10H17N3OS. The lowest BCUT2D eigenvalue weighted by atomic mass is 10.5. The number of thioether (sulfide) groups is 1. The van der Waals surface area contributed by atoms with Gasteiger partial charge in [-0.05, 0) is 12.5 Å². The predicted molar refractivity (Wildman–Crippen MR) is 63.4 cm³/mol. The van der Waals surface area contributed by atoms with Gasteiger partial charge >= 0.3 is 0 Å². The Labute approximate surface area is 94.8 Å². The minimum atomic E-state index is 0.708. The van der Waals surface area contributed by atoms with Gasteiger partial charge in [-0.15, -0.1) is 11.8 Å². The number of nitrogens with zero attached hydrogens (tertiary/aromatic N) is 2. The van der Waals surface area contributed by atoms with E-state index in [0.29, 0.717) is 5.95 Å². The summed E-state index contributed by atoms with van der Waals surface area (Å²) in [5.74, 6) is 1.63. The second kappa shape index (κ2) is 7.48. The van der Waals surface area contributed by atoms with Crippen molar-refractivity contribution in [2.45, 2.75) is 18.4 Å². The summed E-state index contributed by atoms with van der Waals surface area (Å²) in [4.78, 5) is 8.51. The highest BCUT2D eigenvalue weighted by Gasteiger charge is 1.98. The predicted octanol–water partition coefficient (Wildman–Crippen LogP) is 2.04. The van der Waals surface area contributed by atoms with E-state index in [1.165, 1.54) is 0 Å². The van der Waals surface area contributed by atoms with E-state index in [1.807, 2.05) is 6.07 Å². The second-order valence-electron chi connectivity index (χ2n) is 2.99. The average molecular weight is 227 g/mol. The Morgan fingerprint density at radius 2 is 2.40 bits per heavy atom. The Balaban J connectivity index is 2.42. The summed E-state index contributed by atoms with van der Waals surface area (Å²) in [6.07, 6.45) is 2.85. The first-order valence-electron chi connectivity index (χ1n) is 5.05. The molecule has 0 aliphatic carbocycles. The standard InChI is InChI=1S/C10H17N3OS/c1-3-5-11-10-12-6-4-9(13-10)15-8-7-14-2/h4,6H,3,5,7-8H2,1-2H3,(H,11,12,13). The molecule has 1 aromatic rings. The van der Waals surface area contributed by atoms with Gasteiger partial charge in [-0.3, -0.25) is 0 Å². The van der Waals surface area contributed by atoms with Crippen LogP contribution in [0, 0.1) is 0 Å². The number of hydrogen-bond acceptors (Lipinski definition) is 5. The molecule has 15 heavy (non-hydrogen) atoms. The highest BCUT2D eigenvalue weighted by molar-refractivity contribution is 7.99. The maximum atomic E-state index is 4.98. The van der Waals surface area contributed by atoms with Crippen molar-refractivity contribution in [1.29, 1.82) is 0 Å². The molecule has 0 radical (unpaired) electrons. The van der Waals surface area contributed by atoms with Crippen molar-refractivity contribution in [2.24, 2.45) is 0 Å². The summed E-state index contributed by atoms with van der Waals surface area (Å²) in [7, 11) is 1.70. The fourth-order valence-corrected chi connectivity index (χ4v) is 1.74. The molecule has 0 aromatic carbocycles. The SMILES string of the molecule is CCCNc1nccc(SCCOC)n1. The van der Waals surface area contributed by atoms with E-state index in [2.05, 4.69) is 22.2 Å². The van der Waals surface area contributed by atoms with E-state index in [0.717, 1.165) is 30.4 Å². The van der Waals surface area contributed by atoms with Crippen molar-refractivity contribution in [3.8, 4) is 0 Å². The maximum absolute atomic E-state index is 4.98. The van der Waals surface area contributed by atoms with Crippen molar-refractivity contribution in [3.05, 3.63) is 12.3 Å². The van der Waals surface area contributed by atoms with Crippen LogP contribution in [-0.2, 0) is 4.74 Å². The molecule has 0 aliphatic heterocycles. The fourth-order valence-electron chi connectivity index (χ4n) is 0.974. The van der Waals surface area contributed by atoms with Crippen molar-refractivity contribution in [2.75, 3.05) is 31.3 Å². The Bertz CT molecular complexity index is 283. The van der Waals surface area contributed by atoms with E-state index in [-0.39, 0.29) is 0 Å². The van der Waals surface area contributed by atoms with Crippen LogP contribution >= 0.6 is 11.8 Å². The first kappa shape index (κ1) is 12.3. The first-order valence-corrected chi connectivity index (χ1v) is 6.04. The zero-order valence-corrected chi connectivity index (χ0v) is 10.0. The second-order valence-corrected chi connectivity index (χ2v) is 4.10. The van der Waals surface area contributed by atoms with Gasteiger partial charge in [0, 0.05) is 25.6 Å². The van der Waals surface area contributed by atoms with Crippen LogP contribution in [0.4, 0.5) is 5.95 Å². The normalized spacial score (nSPS) is 10.3. The smallest absolute Gasteiger partial charge is 0.223 e. The molecule has 1 rings (SSSR count). The van der Waals surface area contributed by atoms with E-state index in [4.69, 9.17) is 4.74 Å². The number of aromatic nitrogens is 2. The van der Waals surface area contributed by atoms with Crippen LogP contribution in [-0.4, -0.2) is 36.0 Å². The van der Waals surface area contributed by atoms with Crippen LogP contribution in [0.3, 0.4) is 0 Å². The van der Waals surface area contributed by atoms with E-state index in [1.54, 1.807) is 25.1 Å². The molecule has 0 unspecified atom stereocenters. The van der Waals surface area contributed by atoms with Crippen LogP contribution in [0.25, 0.3) is 0 Å². The topological polar surface area (TPSA) is 47.0 Å². The molecule has 0 fully saturated rings. The van der Waals surface area contributed by atoms with Crippen LogP contribution in [0.5, 0.6) is 0 Å². The summed E-state index contributed by atoms with van der Waals surface area (Å²) in [5, 5.41) is 4.15. The molecule has 5 heteroatoms. The van der Waals surface area contributed by atoms with E-state index < -0.39 is 0 Å². The molecule has 0 spiro atoms. The third-order valence-electron chi connectivity index (χ3n) is 1.70. The summed E-state index contributed by atoms with van der Waals surface area (Å²) in [6, 6.07) is 1.91. The van der Waals surface area contributed by atoms with Crippen molar-refractivity contribution in [1.82, 2.24) is 9.97 Å². The largest absolute Gasteiger partial charge is 0.384 e. The highest BCUT2D eigenvalue weighted by atomic mass is 32.2. The molecule has 0 amide bonds.